The second kappa shape index (κ2) is 5.68. The van der Waals surface area contributed by atoms with Gasteiger partial charge in [0.15, 0.2) is 0 Å². The summed E-state index contributed by atoms with van der Waals surface area (Å²) in [6.07, 6.45) is 0.354. The molecule has 0 aliphatic heterocycles. The van der Waals surface area contributed by atoms with E-state index in [-0.39, 0.29) is 17.5 Å². The number of ether oxygens (including phenoxy) is 1. The van der Waals surface area contributed by atoms with E-state index in [0.717, 1.165) is 0 Å². The van der Waals surface area contributed by atoms with E-state index < -0.39 is 5.97 Å². The molecule has 0 aliphatic rings. The zero-order valence-electron chi connectivity index (χ0n) is 9.57. The van der Waals surface area contributed by atoms with Crippen LogP contribution in [-0.2, 0) is 16.0 Å². The number of rotatable bonds is 4. The summed E-state index contributed by atoms with van der Waals surface area (Å²) in [7, 11) is 1.31. The maximum absolute atomic E-state index is 11.3. The Bertz CT molecular complexity index is 442. The van der Waals surface area contributed by atoms with E-state index in [2.05, 4.69) is 4.74 Å². The molecule has 0 aliphatic carbocycles. The van der Waals surface area contributed by atoms with Crippen molar-refractivity contribution in [2.45, 2.75) is 13.3 Å². The van der Waals surface area contributed by atoms with Gasteiger partial charge in [0, 0.05) is 5.02 Å². The van der Waals surface area contributed by atoms with Crippen LogP contribution in [0.5, 0.6) is 0 Å². The van der Waals surface area contributed by atoms with Gasteiger partial charge in [0.25, 0.3) is 0 Å². The van der Waals surface area contributed by atoms with Gasteiger partial charge in [0.05, 0.1) is 18.6 Å². The summed E-state index contributed by atoms with van der Waals surface area (Å²) in [4.78, 5) is 22.1. The van der Waals surface area contributed by atoms with Crippen molar-refractivity contribution < 1.29 is 19.4 Å². The van der Waals surface area contributed by atoms with Gasteiger partial charge in [-0.3, -0.25) is 4.79 Å². The minimum atomic E-state index is -1.02. The monoisotopic (exact) mass is 256 g/mol. The largest absolute Gasteiger partial charge is 0.478 e. The fraction of sp³-hybridized carbons (Fsp3) is 0.333. The van der Waals surface area contributed by atoms with Gasteiger partial charge in [-0.05, 0) is 30.2 Å². The van der Waals surface area contributed by atoms with Crippen molar-refractivity contribution in [3.8, 4) is 0 Å². The average molecular weight is 257 g/mol. The van der Waals surface area contributed by atoms with Gasteiger partial charge in [-0.1, -0.05) is 18.5 Å². The van der Waals surface area contributed by atoms with E-state index in [1.807, 2.05) is 0 Å². The van der Waals surface area contributed by atoms with Crippen LogP contribution in [0.4, 0.5) is 0 Å². The highest BCUT2D eigenvalue weighted by Crippen LogP contribution is 2.21. The molecule has 0 aromatic heterocycles. The number of carboxylic acid groups (broad SMARTS) is 1. The summed E-state index contributed by atoms with van der Waals surface area (Å²) in [5, 5.41) is 9.30. The molecule has 0 heterocycles. The first-order valence-corrected chi connectivity index (χ1v) is 5.43. The molecule has 0 radical (unpaired) electrons. The first kappa shape index (κ1) is 13.5. The molecule has 0 spiro atoms. The smallest absolute Gasteiger partial charge is 0.335 e. The van der Waals surface area contributed by atoms with Crippen LogP contribution in [0, 0.1) is 5.92 Å². The van der Waals surface area contributed by atoms with Gasteiger partial charge in [-0.15, -0.1) is 0 Å². The van der Waals surface area contributed by atoms with Gasteiger partial charge in [-0.2, -0.15) is 0 Å². The number of aromatic carboxylic acids is 1. The molecule has 1 atom stereocenters. The number of carbonyl (C=O) groups excluding carboxylic acids is 1. The lowest BCUT2D eigenvalue weighted by atomic mass is 9.99. The van der Waals surface area contributed by atoms with Crippen LogP contribution >= 0.6 is 11.6 Å². The maximum atomic E-state index is 11.3. The Kier molecular flexibility index (Phi) is 4.52. The Morgan fingerprint density at radius 1 is 1.47 bits per heavy atom. The van der Waals surface area contributed by atoms with Crippen LogP contribution in [0.25, 0.3) is 0 Å². The molecular formula is C12H13ClO4. The highest BCUT2D eigenvalue weighted by molar-refractivity contribution is 6.31. The molecule has 1 aromatic carbocycles. The normalized spacial score (nSPS) is 11.9. The molecule has 1 rings (SSSR count). The lowest BCUT2D eigenvalue weighted by molar-refractivity contribution is -0.144. The van der Waals surface area contributed by atoms with Crippen molar-refractivity contribution in [3.63, 3.8) is 0 Å². The van der Waals surface area contributed by atoms with Crippen LogP contribution in [0.1, 0.15) is 22.8 Å². The molecule has 17 heavy (non-hydrogen) atoms. The third-order valence-corrected chi connectivity index (χ3v) is 2.79. The highest BCUT2D eigenvalue weighted by atomic mass is 35.5. The van der Waals surface area contributed by atoms with E-state index in [1.54, 1.807) is 6.92 Å². The third-order valence-electron chi connectivity index (χ3n) is 2.42. The van der Waals surface area contributed by atoms with E-state index in [4.69, 9.17) is 16.7 Å². The first-order valence-electron chi connectivity index (χ1n) is 5.05. The lowest BCUT2D eigenvalue weighted by Crippen LogP contribution is -2.15. The SMILES string of the molecule is COC(=O)C(C)Cc1cc(C(=O)O)ccc1Cl. The second-order valence-corrected chi connectivity index (χ2v) is 4.15. The molecule has 0 bridgehead atoms. The molecule has 1 N–H and O–H groups in total. The standard InChI is InChI=1S/C12H13ClO4/c1-7(12(16)17-2)5-9-6-8(11(14)15)3-4-10(9)13/h3-4,6-7H,5H2,1-2H3,(H,14,15). The number of carboxylic acids is 1. The highest BCUT2D eigenvalue weighted by Gasteiger charge is 2.16. The average Bonchev–Trinajstić information content (AvgIpc) is 2.30. The fourth-order valence-electron chi connectivity index (χ4n) is 1.48. The Labute approximate surface area is 104 Å². The van der Waals surface area contributed by atoms with E-state index in [1.165, 1.54) is 25.3 Å². The van der Waals surface area contributed by atoms with Crippen LogP contribution in [0.3, 0.4) is 0 Å². The molecule has 1 aromatic rings. The van der Waals surface area contributed by atoms with Crippen molar-refractivity contribution >= 4 is 23.5 Å². The van der Waals surface area contributed by atoms with Crippen molar-refractivity contribution in [2.75, 3.05) is 7.11 Å². The van der Waals surface area contributed by atoms with E-state index in [0.29, 0.717) is 17.0 Å². The summed E-state index contributed by atoms with van der Waals surface area (Å²) in [5.74, 6) is -1.73. The predicted molar refractivity (Wildman–Crippen MR) is 63.3 cm³/mol. The molecular weight excluding hydrogens is 244 g/mol. The van der Waals surface area contributed by atoms with Gasteiger partial charge in [-0.25, -0.2) is 4.79 Å². The van der Waals surface area contributed by atoms with Gasteiger partial charge in [0.2, 0.25) is 0 Å². The molecule has 0 saturated heterocycles. The Morgan fingerprint density at radius 2 is 2.12 bits per heavy atom. The van der Waals surface area contributed by atoms with E-state index >= 15 is 0 Å². The van der Waals surface area contributed by atoms with Crippen LogP contribution in [0.2, 0.25) is 5.02 Å². The van der Waals surface area contributed by atoms with Crippen molar-refractivity contribution in [3.05, 3.63) is 34.3 Å². The number of carbonyl (C=O) groups is 2. The molecule has 1 unspecified atom stereocenters. The Morgan fingerprint density at radius 3 is 2.65 bits per heavy atom. The molecule has 0 fully saturated rings. The number of hydrogen-bond acceptors (Lipinski definition) is 3. The number of methoxy groups -OCH3 is 1. The summed E-state index contributed by atoms with van der Waals surface area (Å²) in [6, 6.07) is 4.42. The minimum Gasteiger partial charge on any atom is -0.478 e. The number of hydrogen-bond donors (Lipinski definition) is 1. The number of benzene rings is 1. The van der Waals surface area contributed by atoms with Gasteiger partial charge >= 0.3 is 11.9 Å². The lowest BCUT2D eigenvalue weighted by Gasteiger charge is -2.10. The zero-order valence-corrected chi connectivity index (χ0v) is 10.3. The van der Waals surface area contributed by atoms with Gasteiger partial charge in [0.1, 0.15) is 0 Å². The summed E-state index contributed by atoms with van der Waals surface area (Å²) in [5.41, 5.74) is 0.783. The topological polar surface area (TPSA) is 63.6 Å². The predicted octanol–water partition coefficient (Wildman–Crippen LogP) is 2.39. The van der Waals surface area contributed by atoms with Crippen molar-refractivity contribution in [1.82, 2.24) is 0 Å². The third kappa shape index (κ3) is 3.46. The molecule has 5 heteroatoms. The van der Waals surface area contributed by atoms with Crippen LogP contribution in [0.15, 0.2) is 18.2 Å². The molecule has 4 nitrogen and oxygen atoms in total. The number of halogens is 1. The Balaban J connectivity index is 2.93. The molecule has 0 saturated carbocycles. The summed E-state index contributed by atoms with van der Waals surface area (Å²) in [6.45, 7) is 1.70. The second-order valence-electron chi connectivity index (χ2n) is 3.74. The summed E-state index contributed by atoms with van der Waals surface area (Å²) < 4.78 is 4.60. The van der Waals surface area contributed by atoms with Gasteiger partial charge < -0.3 is 9.84 Å². The van der Waals surface area contributed by atoms with Crippen LogP contribution in [-0.4, -0.2) is 24.2 Å². The van der Waals surface area contributed by atoms with Crippen molar-refractivity contribution in [2.24, 2.45) is 5.92 Å². The van der Waals surface area contributed by atoms with Crippen molar-refractivity contribution in [1.29, 1.82) is 0 Å². The van der Waals surface area contributed by atoms with Crippen LogP contribution < -0.4 is 0 Å². The minimum absolute atomic E-state index is 0.154. The number of esters is 1. The zero-order chi connectivity index (χ0) is 13.0. The fourth-order valence-corrected chi connectivity index (χ4v) is 1.67. The first-order chi connectivity index (χ1) is 7.95. The maximum Gasteiger partial charge on any atom is 0.335 e. The molecule has 92 valence electrons. The quantitative estimate of drug-likeness (QED) is 0.840. The Hall–Kier alpha value is -1.55. The molecule has 0 amide bonds. The summed E-state index contributed by atoms with van der Waals surface area (Å²) >= 11 is 5.95. The van der Waals surface area contributed by atoms with E-state index in [9.17, 15) is 9.59 Å².